The standard InChI is InChI=1S/C23H31N7O2/c1-13(2)30-16(5)9-20(28-30)26-22(31)17-7-8-19(29-11-14(3)25-15(4)12-29)18-10-24-23(32-6)27-21(17)18/h7-10,13-15,25H,11-12H2,1-6H3,(H,26,28,31). The van der Waals surface area contributed by atoms with Gasteiger partial charge in [0, 0.05) is 60.2 Å². The predicted octanol–water partition coefficient (Wildman–Crippen LogP) is 3.16. The van der Waals surface area contributed by atoms with Gasteiger partial charge in [0.25, 0.3) is 5.91 Å². The maximum atomic E-state index is 13.2. The first-order chi connectivity index (χ1) is 15.3. The number of methoxy groups -OCH3 is 1. The first-order valence-electron chi connectivity index (χ1n) is 11.0. The van der Waals surface area contributed by atoms with Crippen LogP contribution in [0.3, 0.4) is 0 Å². The Labute approximate surface area is 188 Å². The van der Waals surface area contributed by atoms with Gasteiger partial charge in [-0.05, 0) is 46.8 Å². The Kier molecular flexibility index (Phi) is 6.01. The lowest BCUT2D eigenvalue weighted by Gasteiger charge is -2.38. The van der Waals surface area contributed by atoms with Crippen LogP contribution in [-0.4, -0.2) is 57.9 Å². The van der Waals surface area contributed by atoms with Crippen molar-refractivity contribution < 1.29 is 9.53 Å². The molecule has 9 nitrogen and oxygen atoms in total. The zero-order chi connectivity index (χ0) is 23.0. The molecule has 2 atom stereocenters. The fraction of sp³-hybridized carbons (Fsp3) is 0.478. The van der Waals surface area contributed by atoms with E-state index in [1.807, 2.05) is 29.8 Å². The van der Waals surface area contributed by atoms with E-state index in [9.17, 15) is 4.79 Å². The number of carbonyl (C=O) groups excluding carboxylic acids is 1. The largest absolute Gasteiger partial charge is 0.467 e. The Balaban J connectivity index is 1.73. The Morgan fingerprint density at radius 2 is 1.97 bits per heavy atom. The van der Waals surface area contributed by atoms with Crippen molar-refractivity contribution in [3.05, 3.63) is 35.7 Å². The van der Waals surface area contributed by atoms with E-state index in [-0.39, 0.29) is 18.0 Å². The second-order valence-corrected chi connectivity index (χ2v) is 8.79. The number of nitrogens with one attached hydrogen (secondary N) is 2. The van der Waals surface area contributed by atoms with Gasteiger partial charge in [-0.25, -0.2) is 4.98 Å². The number of rotatable bonds is 5. The number of ether oxygens (including phenoxy) is 1. The number of anilines is 2. The summed E-state index contributed by atoms with van der Waals surface area (Å²) in [7, 11) is 1.52. The van der Waals surface area contributed by atoms with E-state index in [4.69, 9.17) is 4.74 Å². The number of fused-ring (bicyclic) bond motifs is 1. The van der Waals surface area contributed by atoms with Crippen LogP contribution in [0.5, 0.6) is 6.01 Å². The van der Waals surface area contributed by atoms with E-state index in [1.165, 1.54) is 7.11 Å². The van der Waals surface area contributed by atoms with Crippen LogP contribution in [0.4, 0.5) is 11.5 Å². The van der Waals surface area contributed by atoms with Crippen LogP contribution in [0.25, 0.3) is 10.9 Å². The highest BCUT2D eigenvalue weighted by Crippen LogP contribution is 2.31. The molecule has 3 aromatic rings. The van der Waals surface area contributed by atoms with Gasteiger partial charge >= 0.3 is 6.01 Å². The number of piperazine rings is 1. The first-order valence-corrected chi connectivity index (χ1v) is 11.0. The molecule has 0 radical (unpaired) electrons. The minimum Gasteiger partial charge on any atom is -0.467 e. The predicted molar refractivity (Wildman–Crippen MR) is 126 cm³/mol. The highest BCUT2D eigenvalue weighted by Gasteiger charge is 2.25. The molecule has 1 amide bonds. The molecule has 32 heavy (non-hydrogen) atoms. The summed E-state index contributed by atoms with van der Waals surface area (Å²) in [5.41, 5.74) is 3.02. The summed E-state index contributed by atoms with van der Waals surface area (Å²) in [5, 5.41) is 11.8. The molecule has 0 saturated carbocycles. The summed E-state index contributed by atoms with van der Waals surface area (Å²) in [6.07, 6.45) is 1.74. The molecular weight excluding hydrogens is 406 g/mol. The lowest BCUT2D eigenvalue weighted by atomic mass is 10.0. The van der Waals surface area contributed by atoms with Gasteiger partial charge in [-0.2, -0.15) is 10.1 Å². The minimum absolute atomic E-state index is 0.210. The average Bonchev–Trinajstić information content (AvgIpc) is 3.11. The molecule has 170 valence electrons. The minimum atomic E-state index is -0.266. The number of hydrogen-bond donors (Lipinski definition) is 2. The van der Waals surface area contributed by atoms with Gasteiger partial charge in [0.2, 0.25) is 0 Å². The zero-order valence-corrected chi connectivity index (χ0v) is 19.5. The maximum absolute atomic E-state index is 13.2. The van der Waals surface area contributed by atoms with E-state index in [0.29, 0.717) is 29.0 Å². The summed E-state index contributed by atoms with van der Waals surface area (Å²) >= 11 is 0. The van der Waals surface area contributed by atoms with Gasteiger partial charge in [0.15, 0.2) is 5.82 Å². The number of carbonyl (C=O) groups is 1. The maximum Gasteiger partial charge on any atom is 0.316 e. The number of benzene rings is 1. The zero-order valence-electron chi connectivity index (χ0n) is 19.5. The number of nitrogens with zero attached hydrogens (tertiary/aromatic N) is 5. The van der Waals surface area contributed by atoms with Crippen LogP contribution in [0.15, 0.2) is 24.4 Å². The molecule has 4 rings (SSSR count). The number of aryl methyl sites for hydroxylation is 1. The van der Waals surface area contributed by atoms with Crippen molar-refractivity contribution in [1.29, 1.82) is 0 Å². The molecule has 9 heteroatoms. The normalized spacial score (nSPS) is 18.9. The molecule has 2 N–H and O–H groups in total. The van der Waals surface area contributed by atoms with Crippen LogP contribution < -0.4 is 20.3 Å². The van der Waals surface area contributed by atoms with Crippen LogP contribution in [-0.2, 0) is 0 Å². The summed E-state index contributed by atoms with van der Waals surface area (Å²) in [5.74, 6) is 0.252. The van der Waals surface area contributed by atoms with Gasteiger partial charge < -0.3 is 20.3 Å². The van der Waals surface area contributed by atoms with Crippen LogP contribution >= 0.6 is 0 Å². The fourth-order valence-electron chi connectivity index (χ4n) is 4.43. The summed E-state index contributed by atoms with van der Waals surface area (Å²) < 4.78 is 7.13. The Bertz CT molecular complexity index is 1130. The van der Waals surface area contributed by atoms with Crippen LogP contribution in [0.1, 0.15) is 49.8 Å². The highest BCUT2D eigenvalue weighted by molar-refractivity contribution is 6.13. The topological polar surface area (TPSA) is 97.2 Å². The lowest BCUT2D eigenvalue weighted by molar-refractivity contribution is 0.102. The molecule has 1 aliphatic heterocycles. The van der Waals surface area contributed by atoms with Crippen LogP contribution in [0.2, 0.25) is 0 Å². The molecule has 0 bridgehead atoms. The van der Waals surface area contributed by atoms with Gasteiger partial charge in [0.1, 0.15) is 0 Å². The van der Waals surface area contributed by atoms with E-state index in [0.717, 1.165) is 29.9 Å². The Morgan fingerprint density at radius 1 is 1.25 bits per heavy atom. The van der Waals surface area contributed by atoms with E-state index < -0.39 is 0 Å². The molecule has 0 aliphatic carbocycles. The molecule has 1 aromatic carbocycles. The number of hydrogen-bond acceptors (Lipinski definition) is 7. The summed E-state index contributed by atoms with van der Waals surface area (Å²) in [4.78, 5) is 24.4. The van der Waals surface area contributed by atoms with Crippen molar-refractivity contribution in [2.75, 3.05) is 30.4 Å². The van der Waals surface area contributed by atoms with E-state index in [1.54, 1.807) is 6.20 Å². The Hall–Kier alpha value is -3.20. The van der Waals surface area contributed by atoms with Gasteiger partial charge in [0.05, 0.1) is 18.2 Å². The first kappa shape index (κ1) is 22.0. The third kappa shape index (κ3) is 4.25. The smallest absolute Gasteiger partial charge is 0.316 e. The van der Waals surface area contributed by atoms with E-state index >= 15 is 0 Å². The van der Waals surface area contributed by atoms with Gasteiger partial charge in [-0.15, -0.1) is 0 Å². The third-order valence-corrected chi connectivity index (χ3v) is 5.68. The molecule has 2 unspecified atom stereocenters. The molecule has 3 heterocycles. The molecule has 2 aromatic heterocycles. The van der Waals surface area contributed by atoms with E-state index in [2.05, 4.69) is 58.3 Å². The SMILES string of the molecule is COc1ncc2c(N3CC(C)NC(C)C3)ccc(C(=O)Nc3cc(C)n(C(C)C)n3)c2n1. The van der Waals surface area contributed by atoms with Crippen molar-refractivity contribution in [1.82, 2.24) is 25.1 Å². The average molecular weight is 438 g/mol. The summed E-state index contributed by atoms with van der Waals surface area (Å²) in [6, 6.07) is 6.82. The molecule has 1 saturated heterocycles. The second-order valence-electron chi connectivity index (χ2n) is 8.79. The molecule has 1 aliphatic rings. The third-order valence-electron chi connectivity index (χ3n) is 5.68. The molecule has 1 fully saturated rings. The monoisotopic (exact) mass is 437 g/mol. The quantitative estimate of drug-likeness (QED) is 0.633. The Morgan fingerprint density at radius 3 is 2.59 bits per heavy atom. The van der Waals surface area contributed by atoms with Crippen molar-refractivity contribution >= 4 is 28.3 Å². The lowest BCUT2D eigenvalue weighted by Crippen LogP contribution is -2.54. The van der Waals surface area contributed by atoms with Crippen molar-refractivity contribution in [3.8, 4) is 6.01 Å². The fourth-order valence-corrected chi connectivity index (χ4v) is 4.43. The summed E-state index contributed by atoms with van der Waals surface area (Å²) in [6.45, 7) is 12.2. The van der Waals surface area contributed by atoms with Gasteiger partial charge in [-0.1, -0.05) is 0 Å². The van der Waals surface area contributed by atoms with Crippen molar-refractivity contribution in [2.45, 2.75) is 52.7 Å². The number of aromatic nitrogens is 4. The van der Waals surface area contributed by atoms with Crippen LogP contribution in [0, 0.1) is 6.92 Å². The van der Waals surface area contributed by atoms with Gasteiger partial charge in [-0.3, -0.25) is 9.48 Å². The van der Waals surface area contributed by atoms with Crippen molar-refractivity contribution in [3.63, 3.8) is 0 Å². The number of amides is 1. The molecule has 0 spiro atoms. The highest BCUT2D eigenvalue weighted by atomic mass is 16.5. The van der Waals surface area contributed by atoms with Crippen molar-refractivity contribution in [2.24, 2.45) is 0 Å². The second kappa shape index (κ2) is 8.74. The molecular formula is C23H31N7O2.